The van der Waals surface area contributed by atoms with Gasteiger partial charge in [-0.3, -0.25) is 4.79 Å². The molecule has 5 nitrogen and oxygen atoms in total. The highest BCUT2D eigenvalue weighted by atomic mass is 16.3. The van der Waals surface area contributed by atoms with E-state index in [0.29, 0.717) is 11.3 Å². The molecule has 0 saturated carbocycles. The van der Waals surface area contributed by atoms with E-state index in [2.05, 4.69) is 10.3 Å². The number of nitrogens with two attached hydrogens (primary N) is 1. The van der Waals surface area contributed by atoms with Crippen LogP contribution in [-0.2, 0) is 4.79 Å². The van der Waals surface area contributed by atoms with Gasteiger partial charge in [0, 0.05) is 11.8 Å². The van der Waals surface area contributed by atoms with Crippen LogP contribution >= 0.6 is 0 Å². The molecule has 1 atom stereocenters. The number of anilines is 2. The molecule has 0 spiro atoms. The molecule has 0 fully saturated rings. The summed E-state index contributed by atoms with van der Waals surface area (Å²) in [7, 11) is 0. The lowest BCUT2D eigenvalue weighted by Crippen LogP contribution is -2.10. The van der Waals surface area contributed by atoms with Crippen LogP contribution in [0.2, 0.25) is 0 Å². The van der Waals surface area contributed by atoms with Crippen LogP contribution in [-0.4, -0.2) is 16.0 Å². The Kier molecular flexibility index (Phi) is 1.28. The first-order chi connectivity index (χ1) is 5.70. The summed E-state index contributed by atoms with van der Waals surface area (Å²) in [5, 5.41) is 11.7. The SMILES string of the molecule is Nc1nccc2c1NC(=O)C2O. The summed E-state index contributed by atoms with van der Waals surface area (Å²) in [5.41, 5.74) is 6.38. The molecule has 0 radical (unpaired) electrons. The quantitative estimate of drug-likeness (QED) is 0.490. The van der Waals surface area contributed by atoms with Crippen LogP contribution in [0.15, 0.2) is 12.3 Å². The number of nitrogen functional groups attached to an aromatic ring is 1. The number of nitrogens with one attached hydrogen (secondary N) is 1. The van der Waals surface area contributed by atoms with Gasteiger partial charge in [-0.25, -0.2) is 4.98 Å². The van der Waals surface area contributed by atoms with Crippen molar-refractivity contribution in [2.24, 2.45) is 0 Å². The standard InChI is InChI=1S/C7H7N3O2/c8-6-4-3(1-2-9-6)5(11)7(12)10-4/h1-2,5,11H,(H2,8,9)(H,10,12). The van der Waals surface area contributed by atoms with Gasteiger partial charge in [-0.1, -0.05) is 0 Å². The minimum Gasteiger partial charge on any atom is -0.382 e. The monoisotopic (exact) mass is 165 g/mol. The van der Waals surface area contributed by atoms with Crippen molar-refractivity contribution < 1.29 is 9.90 Å². The first-order valence-corrected chi connectivity index (χ1v) is 3.43. The fraction of sp³-hybridized carbons (Fsp3) is 0.143. The Hall–Kier alpha value is -1.62. The Labute approximate surface area is 68.2 Å². The zero-order valence-corrected chi connectivity index (χ0v) is 6.11. The second-order valence-corrected chi connectivity index (χ2v) is 2.55. The van der Waals surface area contributed by atoms with Crippen molar-refractivity contribution >= 4 is 17.4 Å². The maximum atomic E-state index is 10.9. The zero-order valence-electron chi connectivity index (χ0n) is 6.11. The van der Waals surface area contributed by atoms with Crippen molar-refractivity contribution in [1.82, 2.24) is 4.98 Å². The second kappa shape index (κ2) is 2.18. The van der Waals surface area contributed by atoms with E-state index in [4.69, 9.17) is 5.73 Å². The van der Waals surface area contributed by atoms with Crippen LogP contribution in [0, 0.1) is 0 Å². The molecule has 0 aliphatic carbocycles. The molecule has 5 heteroatoms. The van der Waals surface area contributed by atoms with Gasteiger partial charge in [-0.2, -0.15) is 0 Å². The Morgan fingerprint density at radius 2 is 2.42 bits per heavy atom. The zero-order chi connectivity index (χ0) is 8.72. The van der Waals surface area contributed by atoms with Crippen molar-refractivity contribution in [2.75, 3.05) is 11.1 Å². The number of carbonyl (C=O) groups excluding carboxylic acids is 1. The van der Waals surface area contributed by atoms with Gasteiger partial charge in [-0.05, 0) is 6.07 Å². The minimum absolute atomic E-state index is 0.234. The Morgan fingerprint density at radius 3 is 3.08 bits per heavy atom. The molecular weight excluding hydrogens is 158 g/mol. The molecule has 1 unspecified atom stereocenters. The van der Waals surface area contributed by atoms with E-state index in [1.54, 1.807) is 6.07 Å². The predicted molar refractivity (Wildman–Crippen MR) is 42.2 cm³/mol. The third kappa shape index (κ3) is 0.768. The molecule has 1 amide bonds. The van der Waals surface area contributed by atoms with E-state index >= 15 is 0 Å². The van der Waals surface area contributed by atoms with Gasteiger partial charge in [0.1, 0.15) is 5.82 Å². The second-order valence-electron chi connectivity index (χ2n) is 2.55. The third-order valence-corrected chi connectivity index (χ3v) is 1.80. The Morgan fingerprint density at radius 1 is 1.67 bits per heavy atom. The lowest BCUT2D eigenvalue weighted by molar-refractivity contribution is -0.123. The van der Waals surface area contributed by atoms with Crippen molar-refractivity contribution in [1.29, 1.82) is 0 Å². The summed E-state index contributed by atoms with van der Waals surface area (Å²) in [6, 6.07) is 1.56. The summed E-state index contributed by atoms with van der Waals surface area (Å²) in [4.78, 5) is 14.7. The lowest BCUT2D eigenvalue weighted by Gasteiger charge is -2.00. The van der Waals surface area contributed by atoms with Gasteiger partial charge in [0.25, 0.3) is 5.91 Å². The summed E-state index contributed by atoms with van der Waals surface area (Å²) in [5.74, 6) is -0.220. The van der Waals surface area contributed by atoms with E-state index < -0.39 is 12.0 Å². The molecular formula is C7H7N3O2. The number of hydrogen-bond donors (Lipinski definition) is 3. The molecule has 0 bridgehead atoms. The van der Waals surface area contributed by atoms with Crippen LogP contribution in [0.1, 0.15) is 11.7 Å². The van der Waals surface area contributed by atoms with Crippen LogP contribution in [0.25, 0.3) is 0 Å². The highest BCUT2D eigenvalue weighted by Gasteiger charge is 2.29. The van der Waals surface area contributed by atoms with Gasteiger partial charge >= 0.3 is 0 Å². The number of hydrogen-bond acceptors (Lipinski definition) is 4. The van der Waals surface area contributed by atoms with Gasteiger partial charge < -0.3 is 16.2 Å². The molecule has 1 aliphatic heterocycles. The average molecular weight is 165 g/mol. The smallest absolute Gasteiger partial charge is 0.258 e. The summed E-state index contributed by atoms with van der Waals surface area (Å²) in [6.07, 6.45) is 0.350. The topological polar surface area (TPSA) is 88.2 Å². The van der Waals surface area contributed by atoms with E-state index in [1.807, 2.05) is 0 Å². The number of aliphatic hydroxyl groups is 1. The molecule has 12 heavy (non-hydrogen) atoms. The van der Waals surface area contributed by atoms with Crippen LogP contribution in [0.4, 0.5) is 11.5 Å². The number of nitrogens with zero attached hydrogens (tertiary/aromatic N) is 1. The molecule has 0 aromatic carbocycles. The third-order valence-electron chi connectivity index (χ3n) is 1.80. The molecule has 1 aromatic heterocycles. The number of aromatic nitrogens is 1. The summed E-state index contributed by atoms with van der Waals surface area (Å²) < 4.78 is 0. The minimum atomic E-state index is -1.11. The Bertz CT molecular complexity index is 351. The maximum absolute atomic E-state index is 10.9. The molecule has 1 aromatic rings. The Balaban J connectivity index is 2.60. The number of amides is 1. The first kappa shape index (κ1) is 7.05. The van der Waals surface area contributed by atoms with E-state index in [0.717, 1.165) is 0 Å². The fourth-order valence-electron chi connectivity index (χ4n) is 1.19. The van der Waals surface area contributed by atoms with Crippen LogP contribution < -0.4 is 11.1 Å². The highest BCUT2D eigenvalue weighted by Crippen LogP contribution is 2.33. The fourth-order valence-corrected chi connectivity index (χ4v) is 1.19. The number of pyridine rings is 1. The molecule has 62 valence electrons. The van der Waals surface area contributed by atoms with E-state index in [9.17, 15) is 9.90 Å². The maximum Gasteiger partial charge on any atom is 0.258 e. The van der Waals surface area contributed by atoms with Crippen molar-refractivity contribution in [2.45, 2.75) is 6.10 Å². The lowest BCUT2D eigenvalue weighted by atomic mass is 10.2. The van der Waals surface area contributed by atoms with Crippen molar-refractivity contribution in [3.05, 3.63) is 17.8 Å². The number of rotatable bonds is 0. The largest absolute Gasteiger partial charge is 0.382 e. The van der Waals surface area contributed by atoms with Gasteiger partial charge in [0.05, 0.1) is 5.69 Å². The summed E-state index contributed by atoms with van der Waals surface area (Å²) in [6.45, 7) is 0. The highest BCUT2D eigenvalue weighted by molar-refractivity contribution is 6.04. The first-order valence-electron chi connectivity index (χ1n) is 3.43. The number of carbonyl (C=O) groups is 1. The number of fused-ring (bicyclic) bond motifs is 1. The van der Waals surface area contributed by atoms with E-state index in [1.165, 1.54) is 6.20 Å². The van der Waals surface area contributed by atoms with Crippen LogP contribution in [0.5, 0.6) is 0 Å². The van der Waals surface area contributed by atoms with Gasteiger partial charge in [0.15, 0.2) is 6.10 Å². The predicted octanol–water partition coefficient (Wildman–Crippen LogP) is -0.351. The van der Waals surface area contributed by atoms with Gasteiger partial charge in [0.2, 0.25) is 0 Å². The number of aliphatic hydroxyl groups excluding tert-OH is 1. The normalized spacial score (nSPS) is 20.4. The molecule has 2 rings (SSSR count). The average Bonchev–Trinajstić information content (AvgIpc) is 2.32. The summed E-state index contributed by atoms with van der Waals surface area (Å²) >= 11 is 0. The van der Waals surface area contributed by atoms with Crippen LogP contribution in [0.3, 0.4) is 0 Å². The molecule has 1 aliphatic rings. The van der Waals surface area contributed by atoms with E-state index in [-0.39, 0.29) is 5.82 Å². The van der Waals surface area contributed by atoms with Gasteiger partial charge in [-0.15, -0.1) is 0 Å². The molecule has 4 N–H and O–H groups in total. The van der Waals surface area contributed by atoms with Crippen molar-refractivity contribution in [3.63, 3.8) is 0 Å². The molecule has 0 saturated heterocycles. The molecule has 2 heterocycles. The van der Waals surface area contributed by atoms with Crippen molar-refractivity contribution in [3.8, 4) is 0 Å².